The smallest absolute Gasteiger partial charge is 0.238 e. The molecule has 9 heteroatoms. The van der Waals surface area contributed by atoms with Gasteiger partial charge in [-0.25, -0.2) is 23.5 Å². The molecule has 0 fully saturated rings. The number of fused-ring (bicyclic) bond motifs is 1. The van der Waals surface area contributed by atoms with E-state index in [2.05, 4.69) is 15.3 Å². The van der Waals surface area contributed by atoms with Crippen molar-refractivity contribution >= 4 is 27.6 Å². The number of anilines is 2. The molecule has 25 heavy (non-hydrogen) atoms. The Hall–Kier alpha value is -2.52. The fourth-order valence-corrected chi connectivity index (χ4v) is 3.40. The molecular formula is C16H19N5O3S. The van der Waals surface area contributed by atoms with Crippen molar-refractivity contribution in [2.45, 2.75) is 30.7 Å². The Bertz CT molecular complexity index is 939. The van der Waals surface area contributed by atoms with Crippen LogP contribution in [0.2, 0.25) is 0 Å². The Labute approximate surface area is 146 Å². The molecule has 0 atom stereocenters. The number of primary sulfonamides is 1. The predicted molar refractivity (Wildman–Crippen MR) is 92.6 cm³/mol. The number of benzene rings is 1. The number of nitrogens with two attached hydrogens (primary N) is 1. The van der Waals surface area contributed by atoms with Crippen molar-refractivity contribution < 1.29 is 13.2 Å². The van der Waals surface area contributed by atoms with Crippen LogP contribution in [0, 0.1) is 0 Å². The molecule has 1 aliphatic rings. The summed E-state index contributed by atoms with van der Waals surface area (Å²) in [6.45, 7) is 4.14. The maximum absolute atomic E-state index is 12.4. The van der Waals surface area contributed by atoms with Gasteiger partial charge in [0.25, 0.3) is 0 Å². The highest BCUT2D eigenvalue weighted by Gasteiger charge is 2.40. The molecule has 0 aliphatic carbocycles. The number of carbonyl (C=O) groups is 1. The van der Waals surface area contributed by atoms with Crippen LogP contribution < -0.4 is 10.5 Å². The summed E-state index contributed by atoms with van der Waals surface area (Å²) in [4.78, 5) is 22.9. The molecule has 1 aromatic carbocycles. The number of sulfonamides is 1. The molecule has 0 radical (unpaired) electrons. The van der Waals surface area contributed by atoms with E-state index in [-0.39, 0.29) is 10.8 Å². The molecule has 132 valence electrons. The number of hydrogen-bond donors (Lipinski definition) is 2. The Morgan fingerprint density at radius 3 is 2.48 bits per heavy atom. The van der Waals surface area contributed by atoms with Gasteiger partial charge in [0.05, 0.1) is 16.0 Å². The maximum Gasteiger partial charge on any atom is 0.238 e. The number of carbonyl (C=O) groups excluding carboxylic acids is 1. The van der Waals surface area contributed by atoms with E-state index in [1.165, 1.54) is 12.1 Å². The van der Waals surface area contributed by atoms with Crippen molar-refractivity contribution in [3.05, 3.63) is 41.7 Å². The fraction of sp³-hybridized carbons (Fsp3) is 0.312. The number of nitrogens with zero attached hydrogens (tertiary/aromatic N) is 3. The lowest BCUT2D eigenvalue weighted by atomic mass is 9.82. The van der Waals surface area contributed by atoms with Gasteiger partial charge in [-0.05, 0) is 38.1 Å². The predicted octanol–water partition coefficient (Wildman–Crippen LogP) is 1.12. The quantitative estimate of drug-likeness (QED) is 0.846. The zero-order chi connectivity index (χ0) is 18.4. The molecule has 1 aromatic heterocycles. The normalized spacial score (nSPS) is 16.5. The summed E-state index contributed by atoms with van der Waals surface area (Å²) < 4.78 is 22.6. The van der Waals surface area contributed by atoms with E-state index in [9.17, 15) is 13.2 Å². The van der Waals surface area contributed by atoms with Gasteiger partial charge >= 0.3 is 0 Å². The van der Waals surface area contributed by atoms with Gasteiger partial charge in [0.15, 0.2) is 0 Å². The van der Waals surface area contributed by atoms with Crippen molar-refractivity contribution in [2.24, 2.45) is 5.14 Å². The largest absolute Gasteiger partial charge is 0.340 e. The van der Waals surface area contributed by atoms with Crippen molar-refractivity contribution in [3.8, 4) is 0 Å². The minimum absolute atomic E-state index is 0.00200. The second-order valence-electron chi connectivity index (χ2n) is 6.55. The highest BCUT2D eigenvalue weighted by molar-refractivity contribution is 7.89. The summed E-state index contributed by atoms with van der Waals surface area (Å²) >= 11 is 0. The minimum atomic E-state index is -3.73. The van der Waals surface area contributed by atoms with E-state index in [1.54, 1.807) is 30.3 Å². The highest BCUT2D eigenvalue weighted by Crippen LogP contribution is 2.32. The van der Waals surface area contributed by atoms with Gasteiger partial charge in [-0.3, -0.25) is 4.79 Å². The zero-order valence-corrected chi connectivity index (χ0v) is 15.0. The Morgan fingerprint density at radius 1 is 1.24 bits per heavy atom. The number of nitrogens with one attached hydrogen (secondary N) is 1. The van der Waals surface area contributed by atoms with Crippen LogP contribution in [0.5, 0.6) is 0 Å². The summed E-state index contributed by atoms with van der Waals surface area (Å²) in [5.41, 5.74) is 1.47. The van der Waals surface area contributed by atoms with Crippen LogP contribution in [-0.2, 0) is 26.8 Å². The number of amides is 1. The van der Waals surface area contributed by atoms with E-state index in [0.717, 1.165) is 5.56 Å². The molecule has 0 spiro atoms. The molecule has 3 N–H and O–H groups in total. The fourth-order valence-electron chi connectivity index (χ4n) is 2.89. The third-order valence-corrected chi connectivity index (χ3v) is 5.11. The minimum Gasteiger partial charge on any atom is -0.340 e. The number of likely N-dealkylation sites (N-methyl/N-ethyl adjacent to an activating group) is 1. The van der Waals surface area contributed by atoms with Gasteiger partial charge < -0.3 is 10.2 Å². The monoisotopic (exact) mass is 361 g/mol. The van der Waals surface area contributed by atoms with E-state index < -0.39 is 15.4 Å². The van der Waals surface area contributed by atoms with Crippen molar-refractivity contribution in [3.63, 3.8) is 0 Å². The molecule has 8 nitrogen and oxygen atoms in total. The van der Waals surface area contributed by atoms with Crippen molar-refractivity contribution in [2.75, 3.05) is 12.4 Å². The lowest BCUT2D eigenvalue weighted by molar-refractivity contribution is -0.136. The molecule has 1 amide bonds. The zero-order valence-electron chi connectivity index (χ0n) is 14.1. The number of rotatable bonds is 3. The summed E-state index contributed by atoms with van der Waals surface area (Å²) in [5.74, 6) is 0.342. The summed E-state index contributed by atoms with van der Waals surface area (Å²) in [7, 11) is -1.98. The highest BCUT2D eigenvalue weighted by atomic mass is 32.2. The summed E-state index contributed by atoms with van der Waals surface area (Å²) in [6, 6.07) is 5.95. The average molecular weight is 361 g/mol. The van der Waals surface area contributed by atoms with Gasteiger partial charge in [-0.1, -0.05) is 0 Å². The first-order valence-electron chi connectivity index (χ1n) is 7.61. The van der Waals surface area contributed by atoms with Gasteiger partial charge in [0.2, 0.25) is 21.9 Å². The SMILES string of the molecule is CN1Cc2cnc(Nc3ccc(S(N)(=O)=O)cc3)nc2C(C)(C)C1=O. The van der Waals surface area contributed by atoms with Crippen LogP contribution in [0.4, 0.5) is 11.6 Å². The lowest BCUT2D eigenvalue weighted by Crippen LogP contribution is -2.46. The molecular weight excluding hydrogens is 342 g/mol. The number of hydrogen-bond acceptors (Lipinski definition) is 6. The number of aromatic nitrogens is 2. The van der Waals surface area contributed by atoms with Crippen molar-refractivity contribution in [1.29, 1.82) is 0 Å². The van der Waals surface area contributed by atoms with E-state index >= 15 is 0 Å². The molecule has 0 unspecified atom stereocenters. The first-order chi connectivity index (χ1) is 11.6. The Balaban J connectivity index is 1.91. The summed E-state index contributed by atoms with van der Waals surface area (Å²) in [5, 5.41) is 8.09. The molecule has 2 aromatic rings. The third kappa shape index (κ3) is 3.20. The van der Waals surface area contributed by atoms with Crippen LogP contribution in [0.1, 0.15) is 25.1 Å². The first kappa shape index (κ1) is 17.3. The van der Waals surface area contributed by atoms with Gasteiger partial charge in [-0.2, -0.15) is 0 Å². The molecule has 3 rings (SSSR count). The third-order valence-electron chi connectivity index (χ3n) is 4.18. The maximum atomic E-state index is 12.4. The van der Waals surface area contributed by atoms with Gasteiger partial charge in [0.1, 0.15) is 0 Å². The summed E-state index contributed by atoms with van der Waals surface area (Å²) in [6.07, 6.45) is 1.70. The van der Waals surface area contributed by atoms with E-state index in [1.807, 2.05) is 13.8 Å². The second-order valence-corrected chi connectivity index (χ2v) is 8.11. The van der Waals surface area contributed by atoms with Crippen LogP contribution >= 0.6 is 0 Å². The second kappa shape index (κ2) is 5.78. The standard InChI is InChI=1S/C16H19N5O3S/c1-16(2)13-10(9-21(3)14(16)22)8-18-15(20-13)19-11-4-6-12(7-5-11)25(17,23)24/h4-8H,9H2,1-3H3,(H2,17,23,24)(H,18,19,20). The van der Waals surface area contributed by atoms with Gasteiger partial charge in [0, 0.05) is 31.0 Å². The molecule has 2 heterocycles. The lowest BCUT2D eigenvalue weighted by Gasteiger charge is -2.35. The van der Waals surface area contributed by atoms with Crippen LogP contribution in [-0.4, -0.2) is 36.2 Å². The van der Waals surface area contributed by atoms with Crippen molar-refractivity contribution in [1.82, 2.24) is 14.9 Å². The molecule has 0 saturated heterocycles. The molecule has 0 bridgehead atoms. The van der Waals surface area contributed by atoms with E-state index in [4.69, 9.17) is 5.14 Å². The van der Waals surface area contributed by atoms with Crippen LogP contribution in [0.25, 0.3) is 0 Å². The average Bonchev–Trinajstić information content (AvgIpc) is 2.54. The first-order valence-corrected chi connectivity index (χ1v) is 9.15. The van der Waals surface area contributed by atoms with E-state index in [0.29, 0.717) is 23.9 Å². The molecule has 1 aliphatic heterocycles. The Morgan fingerprint density at radius 2 is 1.88 bits per heavy atom. The molecule has 0 saturated carbocycles. The topological polar surface area (TPSA) is 118 Å². The Kier molecular flexibility index (Phi) is 4.00. The van der Waals surface area contributed by atoms with Gasteiger partial charge in [-0.15, -0.1) is 0 Å². The van der Waals surface area contributed by atoms with Crippen LogP contribution in [0.3, 0.4) is 0 Å². The van der Waals surface area contributed by atoms with Crippen LogP contribution in [0.15, 0.2) is 35.4 Å².